The fourth-order valence-electron chi connectivity index (χ4n) is 1.95. The molecule has 25 heavy (non-hydrogen) atoms. The van der Waals surface area contributed by atoms with Crippen molar-refractivity contribution >= 4 is 40.0 Å². The van der Waals surface area contributed by atoms with Crippen molar-refractivity contribution in [1.29, 1.82) is 5.26 Å². The zero-order valence-electron chi connectivity index (χ0n) is 12.7. The van der Waals surface area contributed by atoms with Crippen LogP contribution in [-0.2, 0) is 5.75 Å². The van der Waals surface area contributed by atoms with Gasteiger partial charge in [0.15, 0.2) is 5.13 Å². The summed E-state index contributed by atoms with van der Waals surface area (Å²) < 4.78 is 0. The summed E-state index contributed by atoms with van der Waals surface area (Å²) in [4.78, 5) is 24.2. The summed E-state index contributed by atoms with van der Waals surface area (Å²) in [6, 6.07) is 8.87. The van der Waals surface area contributed by atoms with Crippen molar-refractivity contribution in [2.24, 2.45) is 0 Å². The second kappa shape index (κ2) is 7.74. The molecule has 0 unspecified atom stereocenters. The number of carbonyl (C=O) groups is 1. The summed E-state index contributed by atoms with van der Waals surface area (Å²) in [5.41, 5.74) is 1.15. The maximum absolute atomic E-state index is 11.2. The number of aromatic carboxylic acids is 1. The third kappa shape index (κ3) is 4.32. The molecule has 3 heterocycles. The largest absolute Gasteiger partial charge is 0.478 e. The number of rotatable bonds is 6. The minimum Gasteiger partial charge on any atom is -0.478 e. The number of nitriles is 1. The van der Waals surface area contributed by atoms with E-state index in [9.17, 15) is 9.90 Å². The predicted octanol–water partition coefficient (Wildman–Crippen LogP) is 3.54. The van der Waals surface area contributed by atoms with E-state index in [-0.39, 0.29) is 5.56 Å². The minimum atomic E-state index is -0.996. The van der Waals surface area contributed by atoms with Gasteiger partial charge in [0.05, 0.1) is 11.8 Å². The normalized spacial score (nSPS) is 10.2. The van der Waals surface area contributed by atoms with Crippen molar-refractivity contribution in [2.45, 2.75) is 10.8 Å². The quantitative estimate of drug-likeness (QED) is 0.635. The van der Waals surface area contributed by atoms with Gasteiger partial charge in [-0.3, -0.25) is 0 Å². The van der Waals surface area contributed by atoms with E-state index in [2.05, 4.69) is 20.3 Å². The highest BCUT2D eigenvalue weighted by Gasteiger charge is 2.11. The average molecular weight is 369 g/mol. The molecule has 0 aliphatic carbocycles. The Morgan fingerprint density at radius 1 is 1.32 bits per heavy atom. The molecule has 0 aliphatic heterocycles. The van der Waals surface area contributed by atoms with E-state index >= 15 is 0 Å². The summed E-state index contributed by atoms with van der Waals surface area (Å²) >= 11 is 2.59. The van der Waals surface area contributed by atoms with Crippen LogP contribution in [0.2, 0.25) is 0 Å². The minimum absolute atomic E-state index is 0.187. The van der Waals surface area contributed by atoms with Gasteiger partial charge >= 0.3 is 5.97 Å². The Hall–Kier alpha value is -2.96. The van der Waals surface area contributed by atoms with Crippen LogP contribution in [0.5, 0.6) is 0 Å². The summed E-state index contributed by atoms with van der Waals surface area (Å²) in [5, 5.41) is 22.1. The molecule has 9 heteroatoms. The second-order valence-corrected chi connectivity index (χ2v) is 6.76. The Morgan fingerprint density at radius 3 is 2.96 bits per heavy atom. The second-order valence-electron chi connectivity index (χ2n) is 4.77. The number of anilines is 2. The standard InChI is InChI=1S/C16H11N5O2S2/c17-7-11-8-20-16(25-11)21-13-6-10(3-5-18-13)9-24-14-12(15(22)23)2-1-4-19-14/h1-6,8H,9H2,(H,22,23)(H,18,20,21). The van der Waals surface area contributed by atoms with Gasteiger partial charge in [0, 0.05) is 18.1 Å². The molecule has 3 aromatic heterocycles. The number of hydrogen-bond donors (Lipinski definition) is 2. The molecule has 0 saturated heterocycles. The molecule has 0 radical (unpaired) electrons. The van der Waals surface area contributed by atoms with Crippen molar-refractivity contribution in [3.63, 3.8) is 0 Å². The van der Waals surface area contributed by atoms with Gasteiger partial charge in [0.1, 0.15) is 21.8 Å². The van der Waals surface area contributed by atoms with Crippen LogP contribution in [0.25, 0.3) is 0 Å². The Balaban J connectivity index is 1.70. The molecule has 0 aliphatic rings. The van der Waals surface area contributed by atoms with Gasteiger partial charge in [-0.15, -0.1) is 11.8 Å². The first-order valence-electron chi connectivity index (χ1n) is 7.04. The van der Waals surface area contributed by atoms with Gasteiger partial charge in [-0.2, -0.15) is 5.26 Å². The first kappa shape index (κ1) is 16.9. The molecule has 124 valence electrons. The fraction of sp³-hybridized carbons (Fsp3) is 0.0625. The van der Waals surface area contributed by atoms with Crippen LogP contribution in [0, 0.1) is 11.3 Å². The summed E-state index contributed by atoms with van der Waals surface area (Å²) in [6.45, 7) is 0. The lowest BCUT2D eigenvalue weighted by atomic mass is 10.3. The monoisotopic (exact) mass is 369 g/mol. The summed E-state index contributed by atoms with van der Waals surface area (Å²) in [5.74, 6) is 0.164. The van der Waals surface area contributed by atoms with Crippen molar-refractivity contribution < 1.29 is 9.90 Å². The molecule has 0 aromatic carbocycles. The maximum Gasteiger partial charge on any atom is 0.338 e. The van der Waals surface area contributed by atoms with E-state index < -0.39 is 5.97 Å². The third-order valence-corrected chi connectivity index (χ3v) is 4.95. The van der Waals surface area contributed by atoms with Crippen molar-refractivity contribution in [2.75, 3.05) is 5.32 Å². The Labute approximate surface area is 151 Å². The average Bonchev–Trinajstić information content (AvgIpc) is 3.08. The number of carboxylic acids is 1. The SMILES string of the molecule is N#Cc1cnc(Nc2cc(CSc3ncccc3C(=O)O)ccn2)s1. The molecule has 3 aromatic rings. The summed E-state index contributed by atoms with van der Waals surface area (Å²) in [6.07, 6.45) is 4.73. The van der Waals surface area contributed by atoms with Crippen LogP contribution in [0.4, 0.5) is 10.9 Å². The van der Waals surface area contributed by atoms with Gasteiger partial charge in [-0.25, -0.2) is 19.7 Å². The van der Waals surface area contributed by atoms with Crippen LogP contribution in [0.1, 0.15) is 20.8 Å². The molecule has 0 bridgehead atoms. The Kier molecular flexibility index (Phi) is 5.23. The molecule has 0 fully saturated rings. The first-order chi connectivity index (χ1) is 12.2. The van der Waals surface area contributed by atoms with Gasteiger partial charge in [-0.1, -0.05) is 11.3 Å². The van der Waals surface area contributed by atoms with E-state index in [1.54, 1.807) is 18.5 Å². The summed E-state index contributed by atoms with van der Waals surface area (Å²) in [7, 11) is 0. The zero-order valence-corrected chi connectivity index (χ0v) is 14.3. The molecule has 3 rings (SSSR count). The van der Waals surface area contributed by atoms with Crippen molar-refractivity contribution in [3.05, 3.63) is 58.9 Å². The lowest BCUT2D eigenvalue weighted by molar-refractivity contribution is 0.0692. The van der Waals surface area contributed by atoms with Gasteiger partial charge in [0.25, 0.3) is 0 Å². The van der Waals surface area contributed by atoms with E-state index in [1.807, 2.05) is 18.2 Å². The predicted molar refractivity (Wildman–Crippen MR) is 95.1 cm³/mol. The van der Waals surface area contributed by atoms with Crippen LogP contribution in [-0.4, -0.2) is 26.0 Å². The highest BCUT2D eigenvalue weighted by Crippen LogP contribution is 2.26. The van der Waals surface area contributed by atoms with Crippen molar-refractivity contribution in [1.82, 2.24) is 15.0 Å². The number of thioether (sulfide) groups is 1. The molecule has 0 spiro atoms. The number of aromatic nitrogens is 3. The van der Waals surface area contributed by atoms with Crippen LogP contribution < -0.4 is 5.32 Å². The lowest BCUT2D eigenvalue weighted by Crippen LogP contribution is -2.00. The van der Waals surface area contributed by atoms with Gasteiger partial charge in [0.2, 0.25) is 0 Å². The topological polar surface area (TPSA) is 112 Å². The van der Waals surface area contributed by atoms with Gasteiger partial charge in [-0.05, 0) is 29.8 Å². The molecule has 0 atom stereocenters. The van der Waals surface area contributed by atoms with Crippen LogP contribution in [0.3, 0.4) is 0 Å². The maximum atomic E-state index is 11.2. The molecule has 2 N–H and O–H groups in total. The number of carboxylic acid groups (broad SMARTS) is 1. The zero-order chi connectivity index (χ0) is 17.6. The third-order valence-electron chi connectivity index (χ3n) is 3.05. The highest BCUT2D eigenvalue weighted by atomic mass is 32.2. The molecule has 7 nitrogen and oxygen atoms in total. The van der Waals surface area contributed by atoms with Gasteiger partial charge < -0.3 is 10.4 Å². The molecular formula is C16H11N5O2S2. The van der Waals surface area contributed by atoms with Crippen LogP contribution in [0.15, 0.2) is 47.9 Å². The Morgan fingerprint density at radius 2 is 2.20 bits per heavy atom. The Bertz CT molecular complexity index is 951. The number of pyridine rings is 2. The van der Waals surface area contributed by atoms with E-state index in [0.717, 1.165) is 5.56 Å². The first-order valence-corrected chi connectivity index (χ1v) is 8.85. The van der Waals surface area contributed by atoms with E-state index in [4.69, 9.17) is 5.26 Å². The molecular weight excluding hydrogens is 358 g/mol. The van der Waals surface area contributed by atoms with Crippen molar-refractivity contribution in [3.8, 4) is 6.07 Å². The number of nitrogens with zero attached hydrogens (tertiary/aromatic N) is 4. The molecule has 0 amide bonds. The number of thiazole rings is 1. The lowest BCUT2D eigenvalue weighted by Gasteiger charge is -2.06. The fourth-order valence-corrected chi connectivity index (χ4v) is 3.50. The van der Waals surface area contributed by atoms with E-state index in [1.165, 1.54) is 35.4 Å². The number of hydrogen-bond acceptors (Lipinski definition) is 8. The molecule has 0 saturated carbocycles. The van der Waals surface area contributed by atoms with Crippen LogP contribution >= 0.6 is 23.1 Å². The van der Waals surface area contributed by atoms with E-state index in [0.29, 0.717) is 26.6 Å². The highest BCUT2D eigenvalue weighted by molar-refractivity contribution is 7.98. The number of nitrogens with one attached hydrogen (secondary N) is 1. The smallest absolute Gasteiger partial charge is 0.338 e.